The molecule has 0 fully saturated rings. The molecular weight excluding hydrogens is 450 g/mol. The molecule has 0 spiro atoms. The molecule has 6 nitrogen and oxygen atoms in total. The molecule has 2 N–H and O–H groups in total. The van der Waals surface area contributed by atoms with E-state index in [0.29, 0.717) is 31.4 Å². The van der Waals surface area contributed by atoms with Crippen LogP contribution in [0, 0.1) is 5.41 Å². The highest BCUT2D eigenvalue weighted by atomic mass is 32.1. The summed E-state index contributed by atoms with van der Waals surface area (Å²) in [6.07, 6.45) is 3.60. The number of ketones is 1. The van der Waals surface area contributed by atoms with Gasteiger partial charge in [0.25, 0.3) is 0 Å². The molecule has 0 saturated heterocycles. The number of thiazole rings is 1. The van der Waals surface area contributed by atoms with E-state index in [1.54, 1.807) is 11.3 Å². The van der Waals surface area contributed by atoms with Crippen molar-refractivity contribution in [3.8, 4) is 17.0 Å². The predicted octanol–water partition coefficient (Wildman–Crippen LogP) is 4.72. The molecule has 1 heterocycles. The number of rotatable bonds is 12. The third-order valence-corrected chi connectivity index (χ3v) is 7.27. The van der Waals surface area contributed by atoms with Crippen LogP contribution >= 0.6 is 11.3 Å². The Morgan fingerprint density at radius 2 is 1.74 bits per heavy atom. The molecule has 3 aromatic rings. The van der Waals surface area contributed by atoms with Gasteiger partial charge in [-0.2, -0.15) is 0 Å². The van der Waals surface area contributed by atoms with E-state index in [9.17, 15) is 14.7 Å². The summed E-state index contributed by atoms with van der Waals surface area (Å²) in [6, 6.07) is 15.5. The number of unbranched alkanes of at least 4 members (excludes halogenated alkanes) is 1. The summed E-state index contributed by atoms with van der Waals surface area (Å²) < 4.78 is 5.62. The van der Waals surface area contributed by atoms with Crippen molar-refractivity contribution in [3.63, 3.8) is 0 Å². The van der Waals surface area contributed by atoms with Gasteiger partial charge in [-0.1, -0.05) is 36.4 Å². The molecule has 4 rings (SSSR count). The van der Waals surface area contributed by atoms with Gasteiger partial charge in [-0.15, -0.1) is 11.3 Å². The molecule has 178 valence electrons. The number of Topliss-reactive ketones (excluding diaryl/α,β-unsaturated/α-hetero) is 1. The zero-order chi connectivity index (χ0) is 24.0. The predicted molar refractivity (Wildman–Crippen MR) is 131 cm³/mol. The second-order valence-electron chi connectivity index (χ2n) is 8.80. The highest BCUT2D eigenvalue weighted by Gasteiger charge is 2.44. The number of aryl methyl sites for hydroxylation is 1. The molecule has 0 aliphatic heterocycles. The molecule has 0 atom stereocenters. The highest BCUT2D eigenvalue weighted by Crippen LogP contribution is 2.41. The quantitative estimate of drug-likeness (QED) is 0.365. The van der Waals surface area contributed by atoms with Gasteiger partial charge in [-0.25, -0.2) is 4.98 Å². The Morgan fingerprint density at radius 1 is 1.03 bits per heavy atom. The van der Waals surface area contributed by atoms with Crippen molar-refractivity contribution in [1.29, 1.82) is 0 Å². The number of nitrogens with zero attached hydrogens (tertiary/aromatic N) is 1. The average Bonchev–Trinajstić information content (AvgIpc) is 3.45. The first-order valence-corrected chi connectivity index (χ1v) is 12.5. The van der Waals surface area contributed by atoms with Crippen LogP contribution in [0.3, 0.4) is 0 Å². The molecule has 7 heteroatoms. The third-order valence-electron chi connectivity index (χ3n) is 6.37. The molecule has 0 amide bonds. The Labute approximate surface area is 203 Å². The van der Waals surface area contributed by atoms with E-state index in [-0.39, 0.29) is 25.4 Å². The minimum absolute atomic E-state index is 0.0464. The van der Waals surface area contributed by atoms with Crippen LogP contribution in [-0.2, 0) is 28.9 Å². The highest BCUT2D eigenvalue weighted by molar-refractivity contribution is 7.09. The number of fused-ring (bicyclic) bond motifs is 1. The zero-order valence-corrected chi connectivity index (χ0v) is 19.9. The van der Waals surface area contributed by atoms with Crippen LogP contribution in [0.1, 0.15) is 41.8 Å². The van der Waals surface area contributed by atoms with E-state index in [1.807, 2.05) is 53.9 Å². The minimum Gasteiger partial charge on any atom is -0.490 e. The van der Waals surface area contributed by atoms with Crippen LogP contribution in [0.5, 0.6) is 5.75 Å². The Bertz CT molecular complexity index is 1130. The van der Waals surface area contributed by atoms with Crippen LogP contribution in [0.4, 0.5) is 0 Å². The van der Waals surface area contributed by atoms with Gasteiger partial charge in [0.1, 0.15) is 18.1 Å². The Hall–Kier alpha value is -3.03. The maximum absolute atomic E-state index is 13.2. The number of aromatic nitrogens is 1. The molecular formula is C27H29NO5S. The van der Waals surface area contributed by atoms with E-state index < -0.39 is 11.4 Å². The third kappa shape index (κ3) is 5.54. The minimum atomic E-state index is -0.917. The van der Waals surface area contributed by atoms with Crippen LogP contribution in [-0.4, -0.2) is 40.2 Å². The number of benzene rings is 2. The fraction of sp³-hybridized carbons (Fsp3) is 0.370. The van der Waals surface area contributed by atoms with Gasteiger partial charge in [0.05, 0.1) is 23.7 Å². The van der Waals surface area contributed by atoms with E-state index >= 15 is 0 Å². The number of aliphatic carboxylic acids is 1. The second-order valence-corrected chi connectivity index (χ2v) is 9.74. The summed E-state index contributed by atoms with van der Waals surface area (Å²) in [5, 5.41) is 21.5. The molecule has 1 aliphatic carbocycles. The van der Waals surface area contributed by atoms with Crippen LogP contribution in [0.15, 0.2) is 53.9 Å². The number of carbonyl (C=O) groups excluding carboxylic acids is 1. The number of hydrogen-bond donors (Lipinski definition) is 2. The Balaban J connectivity index is 1.33. The van der Waals surface area contributed by atoms with Crippen LogP contribution < -0.4 is 4.74 Å². The molecule has 1 aromatic heterocycles. The average molecular weight is 480 g/mol. The number of hydrogen-bond acceptors (Lipinski definition) is 6. The van der Waals surface area contributed by atoms with Crippen molar-refractivity contribution >= 4 is 23.1 Å². The first-order valence-electron chi connectivity index (χ1n) is 11.6. The molecule has 2 aromatic carbocycles. The summed E-state index contributed by atoms with van der Waals surface area (Å²) in [4.78, 5) is 29.5. The molecule has 1 aliphatic rings. The van der Waals surface area contributed by atoms with Crippen molar-refractivity contribution in [2.45, 2.75) is 44.9 Å². The van der Waals surface area contributed by atoms with Gasteiger partial charge in [0, 0.05) is 22.8 Å². The van der Waals surface area contributed by atoms with Crippen molar-refractivity contribution in [2.24, 2.45) is 5.41 Å². The smallest absolute Gasteiger partial charge is 0.304 e. The van der Waals surface area contributed by atoms with E-state index in [2.05, 4.69) is 0 Å². The number of carboxylic acids is 1. The maximum atomic E-state index is 13.2. The molecule has 0 bridgehead atoms. The molecule has 0 saturated carbocycles. The lowest BCUT2D eigenvalue weighted by molar-refractivity contribution is -0.144. The van der Waals surface area contributed by atoms with Gasteiger partial charge >= 0.3 is 5.97 Å². The van der Waals surface area contributed by atoms with Crippen molar-refractivity contribution in [1.82, 2.24) is 4.98 Å². The lowest BCUT2D eigenvalue weighted by Crippen LogP contribution is -2.34. The Kier molecular flexibility index (Phi) is 7.75. The number of carbonyl (C=O) groups is 2. The number of aliphatic hydroxyl groups is 1. The Morgan fingerprint density at radius 3 is 2.44 bits per heavy atom. The fourth-order valence-corrected chi connectivity index (χ4v) is 5.58. The summed E-state index contributed by atoms with van der Waals surface area (Å²) in [6.45, 7) is 0.186. The first-order chi connectivity index (χ1) is 16.5. The van der Waals surface area contributed by atoms with Gasteiger partial charge in [0.2, 0.25) is 0 Å². The lowest BCUT2D eigenvalue weighted by Gasteiger charge is -2.25. The van der Waals surface area contributed by atoms with Gasteiger partial charge in [-0.05, 0) is 55.4 Å². The van der Waals surface area contributed by atoms with Gasteiger partial charge in [-0.3, -0.25) is 9.59 Å². The SMILES string of the molecule is O=C(O)CC1(C(=O)CCCCc2nc(-c3ccccc3OCCO)cs2)Cc2ccccc2C1. The van der Waals surface area contributed by atoms with Gasteiger partial charge < -0.3 is 14.9 Å². The lowest BCUT2D eigenvalue weighted by atomic mass is 9.75. The normalized spacial score (nSPS) is 14.0. The van der Waals surface area contributed by atoms with E-state index in [4.69, 9.17) is 14.8 Å². The number of para-hydroxylation sites is 1. The molecule has 34 heavy (non-hydrogen) atoms. The van der Waals surface area contributed by atoms with Crippen molar-refractivity contribution < 1.29 is 24.5 Å². The maximum Gasteiger partial charge on any atom is 0.304 e. The number of carboxylic acid groups (broad SMARTS) is 1. The van der Waals surface area contributed by atoms with Crippen molar-refractivity contribution in [3.05, 3.63) is 70.0 Å². The van der Waals surface area contributed by atoms with Crippen LogP contribution in [0.25, 0.3) is 11.3 Å². The van der Waals surface area contributed by atoms with Crippen LogP contribution in [0.2, 0.25) is 0 Å². The largest absolute Gasteiger partial charge is 0.490 e. The topological polar surface area (TPSA) is 96.7 Å². The number of ether oxygens (including phenoxy) is 1. The molecule has 0 unspecified atom stereocenters. The van der Waals surface area contributed by atoms with E-state index in [1.165, 1.54) is 0 Å². The fourth-order valence-electron chi connectivity index (χ4n) is 4.74. The van der Waals surface area contributed by atoms with Gasteiger partial charge in [0.15, 0.2) is 0 Å². The van der Waals surface area contributed by atoms with E-state index in [0.717, 1.165) is 40.2 Å². The summed E-state index contributed by atoms with van der Waals surface area (Å²) in [5.41, 5.74) is 3.10. The van der Waals surface area contributed by atoms with Crippen molar-refractivity contribution in [2.75, 3.05) is 13.2 Å². The summed E-state index contributed by atoms with van der Waals surface area (Å²) in [5.74, 6) is -0.166. The standard InChI is InChI=1S/C27H29NO5S/c29-13-14-33-23-10-4-3-9-21(23)22-18-34-25(28-22)12-6-5-11-24(30)27(17-26(31)32)15-19-7-1-2-8-20(19)16-27/h1-4,7-10,18,29H,5-6,11-17H2,(H,31,32). The molecule has 0 radical (unpaired) electrons. The summed E-state index contributed by atoms with van der Waals surface area (Å²) in [7, 11) is 0. The second kappa shape index (κ2) is 10.9. The zero-order valence-electron chi connectivity index (χ0n) is 19.0. The number of aliphatic hydroxyl groups excluding tert-OH is 1. The monoisotopic (exact) mass is 479 g/mol. The summed E-state index contributed by atoms with van der Waals surface area (Å²) >= 11 is 1.58. The first kappa shape index (κ1) is 24.1.